The van der Waals surface area contributed by atoms with Crippen LogP contribution in [0.3, 0.4) is 0 Å². The van der Waals surface area contributed by atoms with Gasteiger partial charge in [0.1, 0.15) is 11.5 Å². The van der Waals surface area contributed by atoms with Gasteiger partial charge in [-0.05, 0) is 26.2 Å². The summed E-state index contributed by atoms with van der Waals surface area (Å²) in [6, 6.07) is 5.53. The van der Waals surface area contributed by atoms with Crippen LogP contribution in [0.25, 0.3) is 0 Å². The van der Waals surface area contributed by atoms with Crippen molar-refractivity contribution in [1.29, 1.82) is 0 Å². The summed E-state index contributed by atoms with van der Waals surface area (Å²) in [6.07, 6.45) is 0.0772. The summed E-state index contributed by atoms with van der Waals surface area (Å²) in [5.41, 5.74) is 0.847. The SMILES string of the molecule is COc1ccc(OC)c(N(CCC(=O)O)CCN(C)C)c1. The molecule has 0 unspecified atom stereocenters. The monoisotopic (exact) mass is 296 g/mol. The van der Waals surface area contributed by atoms with Crippen molar-refractivity contribution in [3.8, 4) is 11.5 Å². The van der Waals surface area contributed by atoms with Gasteiger partial charge in [0.15, 0.2) is 0 Å². The van der Waals surface area contributed by atoms with E-state index < -0.39 is 5.97 Å². The fourth-order valence-electron chi connectivity index (χ4n) is 1.95. The van der Waals surface area contributed by atoms with Crippen LogP contribution < -0.4 is 14.4 Å². The molecular weight excluding hydrogens is 272 g/mol. The van der Waals surface area contributed by atoms with E-state index in [2.05, 4.69) is 4.90 Å². The highest BCUT2D eigenvalue weighted by Gasteiger charge is 2.15. The Morgan fingerprint density at radius 3 is 2.38 bits per heavy atom. The second kappa shape index (κ2) is 8.36. The molecule has 1 aromatic rings. The summed E-state index contributed by atoms with van der Waals surface area (Å²) < 4.78 is 10.6. The first-order chi connectivity index (χ1) is 9.97. The lowest BCUT2D eigenvalue weighted by Gasteiger charge is -2.27. The van der Waals surface area contributed by atoms with Crippen molar-refractivity contribution in [1.82, 2.24) is 4.90 Å². The smallest absolute Gasteiger partial charge is 0.305 e. The van der Waals surface area contributed by atoms with Gasteiger partial charge in [-0.2, -0.15) is 0 Å². The molecule has 0 radical (unpaired) electrons. The van der Waals surface area contributed by atoms with Crippen molar-refractivity contribution in [2.75, 3.05) is 52.8 Å². The maximum atomic E-state index is 10.9. The van der Waals surface area contributed by atoms with Crippen molar-refractivity contribution in [3.63, 3.8) is 0 Å². The summed E-state index contributed by atoms with van der Waals surface area (Å²) in [7, 11) is 7.18. The Labute approximate surface area is 125 Å². The zero-order valence-electron chi connectivity index (χ0n) is 13.1. The number of carboxylic acids is 1. The molecule has 0 aliphatic heterocycles. The Bertz CT molecular complexity index is 463. The van der Waals surface area contributed by atoms with Crippen molar-refractivity contribution in [2.24, 2.45) is 0 Å². The number of hydrogen-bond donors (Lipinski definition) is 1. The van der Waals surface area contributed by atoms with Crippen LogP contribution >= 0.6 is 0 Å². The molecule has 1 aromatic carbocycles. The zero-order chi connectivity index (χ0) is 15.8. The molecule has 0 heterocycles. The van der Waals surface area contributed by atoms with Gasteiger partial charge in [-0.25, -0.2) is 0 Å². The molecular formula is C15H24N2O4. The van der Waals surface area contributed by atoms with Gasteiger partial charge in [-0.1, -0.05) is 0 Å². The van der Waals surface area contributed by atoms with Crippen LogP contribution in [0.4, 0.5) is 5.69 Å². The molecule has 0 bridgehead atoms. The van der Waals surface area contributed by atoms with Crippen LogP contribution in [-0.2, 0) is 4.79 Å². The van der Waals surface area contributed by atoms with Crippen LogP contribution in [0.2, 0.25) is 0 Å². The summed E-state index contributed by atoms with van der Waals surface area (Å²) >= 11 is 0. The molecule has 6 heteroatoms. The van der Waals surface area contributed by atoms with Crippen LogP contribution in [-0.4, -0.2) is 63.9 Å². The largest absolute Gasteiger partial charge is 0.497 e. The molecule has 0 aliphatic rings. The summed E-state index contributed by atoms with van der Waals surface area (Å²) in [4.78, 5) is 14.9. The predicted octanol–water partition coefficient (Wildman–Crippen LogP) is 1.55. The minimum absolute atomic E-state index is 0.0772. The topological polar surface area (TPSA) is 62.2 Å². The van der Waals surface area contributed by atoms with Crippen LogP contribution in [0.15, 0.2) is 18.2 Å². The number of carbonyl (C=O) groups is 1. The Morgan fingerprint density at radius 1 is 1.14 bits per heavy atom. The quantitative estimate of drug-likeness (QED) is 0.746. The molecule has 118 valence electrons. The van der Waals surface area contributed by atoms with Gasteiger partial charge < -0.3 is 24.4 Å². The molecule has 1 N–H and O–H groups in total. The number of rotatable bonds is 9. The van der Waals surface area contributed by atoms with Crippen molar-refractivity contribution in [3.05, 3.63) is 18.2 Å². The lowest BCUT2D eigenvalue weighted by atomic mass is 10.2. The second-order valence-electron chi connectivity index (χ2n) is 4.97. The number of ether oxygens (including phenoxy) is 2. The molecule has 0 aromatic heterocycles. The molecule has 0 aliphatic carbocycles. The van der Waals surface area contributed by atoms with Gasteiger partial charge in [-0.3, -0.25) is 4.79 Å². The number of carboxylic acid groups (broad SMARTS) is 1. The molecule has 1 rings (SSSR count). The minimum atomic E-state index is -0.813. The first-order valence-electron chi connectivity index (χ1n) is 6.81. The first-order valence-corrected chi connectivity index (χ1v) is 6.81. The van der Waals surface area contributed by atoms with Crippen LogP contribution in [0.5, 0.6) is 11.5 Å². The van der Waals surface area contributed by atoms with Gasteiger partial charge in [0.25, 0.3) is 0 Å². The summed E-state index contributed by atoms with van der Waals surface area (Å²) in [5, 5.41) is 8.92. The van der Waals surface area contributed by atoms with Crippen LogP contribution in [0, 0.1) is 0 Å². The van der Waals surface area contributed by atoms with Gasteiger partial charge in [0.2, 0.25) is 0 Å². The number of aliphatic carboxylic acids is 1. The van der Waals surface area contributed by atoms with Crippen molar-refractivity contribution in [2.45, 2.75) is 6.42 Å². The fourth-order valence-corrected chi connectivity index (χ4v) is 1.95. The third-order valence-electron chi connectivity index (χ3n) is 3.14. The average Bonchev–Trinajstić information content (AvgIpc) is 2.46. The Balaban J connectivity index is 3.00. The van der Waals surface area contributed by atoms with E-state index in [1.165, 1.54) is 0 Å². The highest BCUT2D eigenvalue weighted by atomic mass is 16.5. The van der Waals surface area contributed by atoms with E-state index in [0.717, 1.165) is 18.0 Å². The lowest BCUT2D eigenvalue weighted by molar-refractivity contribution is -0.136. The van der Waals surface area contributed by atoms with E-state index in [4.69, 9.17) is 14.6 Å². The Morgan fingerprint density at radius 2 is 1.86 bits per heavy atom. The minimum Gasteiger partial charge on any atom is -0.497 e. The van der Waals surface area contributed by atoms with Crippen molar-refractivity contribution >= 4 is 11.7 Å². The van der Waals surface area contributed by atoms with E-state index in [9.17, 15) is 4.79 Å². The number of benzene rings is 1. The van der Waals surface area contributed by atoms with Crippen molar-refractivity contribution < 1.29 is 19.4 Å². The van der Waals surface area contributed by atoms with Gasteiger partial charge in [-0.15, -0.1) is 0 Å². The zero-order valence-corrected chi connectivity index (χ0v) is 13.1. The van der Waals surface area contributed by atoms with Gasteiger partial charge in [0.05, 0.1) is 26.3 Å². The normalized spacial score (nSPS) is 10.5. The average molecular weight is 296 g/mol. The third-order valence-corrected chi connectivity index (χ3v) is 3.14. The second-order valence-corrected chi connectivity index (χ2v) is 4.97. The third kappa shape index (κ3) is 5.51. The molecule has 0 saturated heterocycles. The lowest BCUT2D eigenvalue weighted by Crippen LogP contribution is -2.33. The number of anilines is 1. The van der Waals surface area contributed by atoms with E-state index in [1.807, 2.05) is 37.2 Å². The maximum Gasteiger partial charge on any atom is 0.305 e. The Hall–Kier alpha value is -1.95. The van der Waals surface area contributed by atoms with E-state index in [0.29, 0.717) is 18.8 Å². The molecule has 6 nitrogen and oxygen atoms in total. The molecule has 0 amide bonds. The number of methoxy groups -OCH3 is 2. The summed E-state index contributed by atoms with van der Waals surface area (Å²) in [6.45, 7) is 1.95. The predicted molar refractivity (Wildman–Crippen MR) is 82.6 cm³/mol. The first kappa shape index (κ1) is 17.1. The number of hydrogen-bond acceptors (Lipinski definition) is 5. The highest BCUT2D eigenvalue weighted by Crippen LogP contribution is 2.32. The number of nitrogens with zero attached hydrogens (tertiary/aromatic N) is 2. The molecule has 0 saturated carbocycles. The fraction of sp³-hybridized carbons (Fsp3) is 0.533. The van der Waals surface area contributed by atoms with E-state index in [1.54, 1.807) is 14.2 Å². The standard InChI is InChI=1S/C15H24N2O4/c1-16(2)9-10-17(8-7-15(18)19)13-11-12(20-3)5-6-14(13)21-4/h5-6,11H,7-10H2,1-4H3,(H,18,19). The van der Waals surface area contributed by atoms with Crippen LogP contribution in [0.1, 0.15) is 6.42 Å². The maximum absolute atomic E-state index is 10.9. The highest BCUT2D eigenvalue weighted by molar-refractivity contribution is 5.68. The number of likely N-dealkylation sites (N-methyl/N-ethyl adjacent to an activating group) is 1. The summed E-state index contributed by atoms with van der Waals surface area (Å²) in [5.74, 6) is 0.614. The molecule has 0 spiro atoms. The van der Waals surface area contributed by atoms with E-state index in [-0.39, 0.29) is 6.42 Å². The molecule has 0 fully saturated rings. The molecule has 0 atom stereocenters. The Kier molecular flexibility index (Phi) is 6.81. The van der Waals surface area contributed by atoms with Gasteiger partial charge in [0, 0.05) is 25.7 Å². The molecule has 21 heavy (non-hydrogen) atoms. The van der Waals surface area contributed by atoms with Gasteiger partial charge >= 0.3 is 5.97 Å². The van der Waals surface area contributed by atoms with E-state index >= 15 is 0 Å².